The molecule has 0 aliphatic carbocycles. The largest absolute Gasteiger partial charge is 0.468 e. The summed E-state index contributed by atoms with van der Waals surface area (Å²) < 4.78 is 5.48. The van der Waals surface area contributed by atoms with Crippen LogP contribution in [-0.4, -0.2) is 24.0 Å². The van der Waals surface area contributed by atoms with E-state index in [1.807, 2.05) is 6.07 Å². The molecule has 0 spiro atoms. The summed E-state index contributed by atoms with van der Waals surface area (Å²) in [6, 6.07) is 2.57. The molecule has 2 rings (SSSR count). The second-order valence-electron chi connectivity index (χ2n) is 4.38. The van der Waals surface area contributed by atoms with Crippen molar-refractivity contribution in [2.75, 3.05) is 13.1 Å². The van der Waals surface area contributed by atoms with Gasteiger partial charge in [-0.1, -0.05) is 6.42 Å². The van der Waals surface area contributed by atoms with E-state index in [-0.39, 0.29) is 0 Å². The first kappa shape index (κ1) is 10.7. The van der Waals surface area contributed by atoms with E-state index in [0.717, 1.165) is 25.4 Å². The van der Waals surface area contributed by atoms with Gasteiger partial charge < -0.3 is 10.2 Å². The van der Waals surface area contributed by atoms with Crippen molar-refractivity contribution in [2.45, 2.75) is 38.8 Å². The molecule has 1 fully saturated rings. The molecule has 1 aromatic rings. The maximum absolute atomic E-state index is 5.79. The molecule has 3 nitrogen and oxygen atoms in total. The lowest BCUT2D eigenvalue weighted by molar-refractivity contribution is 0.134. The molecule has 15 heavy (non-hydrogen) atoms. The summed E-state index contributed by atoms with van der Waals surface area (Å²) in [5.41, 5.74) is 7.03. The fourth-order valence-electron chi connectivity index (χ4n) is 2.29. The van der Waals surface area contributed by atoms with E-state index < -0.39 is 0 Å². The Morgan fingerprint density at radius 2 is 2.40 bits per heavy atom. The van der Waals surface area contributed by atoms with Gasteiger partial charge in [0.05, 0.1) is 12.8 Å². The van der Waals surface area contributed by atoms with Gasteiger partial charge in [-0.05, 0) is 37.9 Å². The van der Waals surface area contributed by atoms with Crippen LogP contribution >= 0.6 is 0 Å². The number of rotatable bonds is 3. The Hall–Kier alpha value is -0.800. The predicted molar refractivity (Wildman–Crippen MR) is 60.5 cm³/mol. The van der Waals surface area contributed by atoms with Crippen molar-refractivity contribution < 1.29 is 4.42 Å². The third-order valence-electron chi connectivity index (χ3n) is 3.34. The van der Waals surface area contributed by atoms with Gasteiger partial charge in [0.2, 0.25) is 0 Å². The second-order valence-corrected chi connectivity index (χ2v) is 4.38. The second kappa shape index (κ2) is 4.81. The summed E-state index contributed by atoms with van der Waals surface area (Å²) >= 11 is 0. The SMILES string of the molecule is Cc1ccoc1CN1CCCCC1CN. The van der Waals surface area contributed by atoms with Crippen LogP contribution in [0.1, 0.15) is 30.6 Å². The topological polar surface area (TPSA) is 42.4 Å². The molecule has 1 atom stereocenters. The van der Waals surface area contributed by atoms with Crippen LogP contribution in [0.5, 0.6) is 0 Å². The maximum atomic E-state index is 5.79. The van der Waals surface area contributed by atoms with Crippen LogP contribution in [0.3, 0.4) is 0 Å². The molecule has 2 N–H and O–H groups in total. The van der Waals surface area contributed by atoms with Crippen molar-refractivity contribution in [3.63, 3.8) is 0 Å². The van der Waals surface area contributed by atoms with Crippen LogP contribution in [0.2, 0.25) is 0 Å². The average molecular weight is 208 g/mol. The average Bonchev–Trinajstić information content (AvgIpc) is 2.65. The minimum Gasteiger partial charge on any atom is -0.468 e. The molecule has 1 aliphatic rings. The van der Waals surface area contributed by atoms with E-state index in [1.54, 1.807) is 6.26 Å². The van der Waals surface area contributed by atoms with Gasteiger partial charge in [0.25, 0.3) is 0 Å². The molecule has 2 heterocycles. The van der Waals surface area contributed by atoms with Gasteiger partial charge in [0.15, 0.2) is 0 Å². The third-order valence-corrected chi connectivity index (χ3v) is 3.34. The number of likely N-dealkylation sites (tertiary alicyclic amines) is 1. The highest BCUT2D eigenvalue weighted by Crippen LogP contribution is 2.20. The van der Waals surface area contributed by atoms with Crippen LogP contribution in [0.25, 0.3) is 0 Å². The lowest BCUT2D eigenvalue weighted by Crippen LogP contribution is -2.43. The predicted octanol–water partition coefficient (Wildman–Crippen LogP) is 1.90. The lowest BCUT2D eigenvalue weighted by atomic mass is 10.0. The van der Waals surface area contributed by atoms with Gasteiger partial charge in [0, 0.05) is 12.6 Å². The zero-order chi connectivity index (χ0) is 10.7. The summed E-state index contributed by atoms with van der Waals surface area (Å²) in [5, 5.41) is 0. The number of nitrogens with zero attached hydrogens (tertiary/aromatic N) is 1. The molecule has 0 amide bonds. The van der Waals surface area contributed by atoms with Gasteiger partial charge in [-0.2, -0.15) is 0 Å². The summed E-state index contributed by atoms with van der Waals surface area (Å²) in [5.74, 6) is 1.09. The molecule has 84 valence electrons. The van der Waals surface area contributed by atoms with Gasteiger partial charge in [-0.15, -0.1) is 0 Å². The quantitative estimate of drug-likeness (QED) is 0.825. The van der Waals surface area contributed by atoms with E-state index in [9.17, 15) is 0 Å². The first-order chi connectivity index (χ1) is 7.31. The molecule has 3 heteroatoms. The zero-order valence-corrected chi connectivity index (χ0v) is 9.41. The fraction of sp³-hybridized carbons (Fsp3) is 0.667. The standard InChI is InChI=1S/C12H20N2O/c1-10-5-7-15-12(10)9-14-6-3-2-4-11(14)8-13/h5,7,11H,2-4,6,8-9,13H2,1H3. The number of piperidine rings is 1. The Bertz CT molecular complexity index is 308. The Labute approximate surface area is 91.2 Å². The number of aryl methyl sites for hydroxylation is 1. The van der Waals surface area contributed by atoms with E-state index >= 15 is 0 Å². The van der Waals surface area contributed by atoms with Gasteiger partial charge in [-0.3, -0.25) is 4.90 Å². The van der Waals surface area contributed by atoms with Crippen LogP contribution < -0.4 is 5.73 Å². The van der Waals surface area contributed by atoms with Gasteiger partial charge in [-0.25, -0.2) is 0 Å². The lowest BCUT2D eigenvalue weighted by Gasteiger charge is -2.34. The Morgan fingerprint density at radius 3 is 3.07 bits per heavy atom. The number of nitrogens with two attached hydrogens (primary N) is 1. The molecule has 1 unspecified atom stereocenters. The minimum absolute atomic E-state index is 0.545. The normalized spacial score (nSPS) is 23.2. The van der Waals surface area contributed by atoms with Crippen molar-refractivity contribution in [1.82, 2.24) is 4.90 Å². The summed E-state index contributed by atoms with van der Waals surface area (Å²) in [4.78, 5) is 2.45. The highest BCUT2D eigenvalue weighted by atomic mass is 16.3. The van der Waals surface area contributed by atoms with Crippen molar-refractivity contribution in [3.05, 3.63) is 23.7 Å². The van der Waals surface area contributed by atoms with Crippen LogP contribution in [0.15, 0.2) is 16.7 Å². The van der Waals surface area contributed by atoms with E-state index in [2.05, 4.69) is 11.8 Å². The maximum Gasteiger partial charge on any atom is 0.120 e. The van der Waals surface area contributed by atoms with E-state index in [4.69, 9.17) is 10.2 Å². The molecule has 0 radical (unpaired) electrons. The highest BCUT2D eigenvalue weighted by Gasteiger charge is 2.22. The van der Waals surface area contributed by atoms with Crippen molar-refractivity contribution in [1.29, 1.82) is 0 Å². The van der Waals surface area contributed by atoms with Crippen LogP contribution in [-0.2, 0) is 6.54 Å². The molecule has 1 aromatic heterocycles. The Kier molecular flexibility index (Phi) is 3.44. The highest BCUT2D eigenvalue weighted by molar-refractivity contribution is 5.14. The zero-order valence-electron chi connectivity index (χ0n) is 9.41. The number of furan rings is 1. The van der Waals surface area contributed by atoms with Crippen molar-refractivity contribution in [3.8, 4) is 0 Å². The third kappa shape index (κ3) is 2.41. The van der Waals surface area contributed by atoms with Crippen LogP contribution in [0, 0.1) is 6.92 Å². The molecular formula is C12H20N2O. The van der Waals surface area contributed by atoms with E-state index in [0.29, 0.717) is 6.04 Å². The molecule has 1 aliphatic heterocycles. The smallest absolute Gasteiger partial charge is 0.120 e. The summed E-state index contributed by atoms with van der Waals surface area (Å²) in [6.45, 7) is 4.93. The summed E-state index contributed by atoms with van der Waals surface area (Å²) in [7, 11) is 0. The molecule has 0 aromatic carbocycles. The van der Waals surface area contributed by atoms with Gasteiger partial charge in [0.1, 0.15) is 5.76 Å². The van der Waals surface area contributed by atoms with Crippen LogP contribution in [0.4, 0.5) is 0 Å². The van der Waals surface area contributed by atoms with Crippen molar-refractivity contribution >= 4 is 0 Å². The Balaban J connectivity index is 2.00. The fourth-order valence-corrected chi connectivity index (χ4v) is 2.29. The minimum atomic E-state index is 0.545. The Morgan fingerprint density at radius 1 is 1.53 bits per heavy atom. The van der Waals surface area contributed by atoms with Crippen molar-refractivity contribution in [2.24, 2.45) is 5.73 Å². The first-order valence-corrected chi connectivity index (χ1v) is 5.78. The molecule has 1 saturated heterocycles. The molecule has 0 bridgehead atoms. The number of hydrogen-bond donors (Lipinski definition) is 1. The van der Waals surface area contributed by atoms with Gasteiger partial charge >= 0.3 is 0 Å². The first-order valence-electron chi connectivity index (χ1n) is 5.78. The van der Waals surface area contributed by atoms with E-state index in [1.165, 1.54) is 24.8 Å². The monoisotopic (exact) mass is 208 g/mol. The molecular weight excluding hydrogens is 188 g/mol. The number of hydrogen-bond acceptors (Lipinski definition) is 3. The summed E-state index contributed by atoms with van der Waals surface area (Å²) in [6.07, 6.45) is 5.61. The molecule has 0 saturated carbocycles.